The summed E-state index contributed by atoms with van der Waals surface area (Å²) in [4.78, 5) is 13.4. The fraction of sp³-hybridized carbons (Fsp3) is 0.344. The van der Waals surface area contributed by atoms with Crippen molar-refractivity contribution in [3.63, 3.8) is 0 Å². The average Bonchev–Trinajstić information content (AvgIpc) is 3.60. The third kappa shape index (κ3) is 4.65. The number of ketones is 1. The van der Waals surface area contributed by atoms with Crippen molar-refractivity contribution in [2.24, 2.45) is 5.92 Å². The number of Topliss-reactive ketones (excluding diaryl/α,β-unsaturated/α-hetero) is 1. The van der Waals surface area contributed by atoms with Gasteiger partial charge in [0.1, 0.15) is 0 Å². The normalized spacial score (nSPS) is 24.3. The van der Waals surface area contributed by atoms with Crippen LogP contribution >= 0.6 is 0 Å². The molecule has 0 aromatic heterocycles. The van der Waals surface area contributed by atoms with E-state index in [0.29, 0.717) is 18.4 Å². The molecule has 1 fully saturated rings. The Hall–Kier alpha value is -2.97. The van der Waals surface area contributed by atoms with Gasteiger partial charge in [0.2, 0.25) is 0 Å². The summed E-state index contributed by atoms with van der Waals surface area (Å²) in [7, 11) is 0. The van der Waals surface area contributed by atoms with Crippen LogP contribution in [0.15, 0.2) is 101 Å². The van der Waals surface area contributed by atoms with Crippen LogP contribution in [0, 0.1) is 5.92 Å². The zero-order valence-electron chi connectivity index (χ0n) is 20.3. The lowest BCUT2D eigenvalue weighted by Gasteiger charge is -2.21. The van der Waals surface area contributed by atoms with E-state index in [1.807, 2.05) is 0 Å². The van der Waals surface area contributed by atoms with E-state index in [2.05, 4.69) is 92.7 Å². The van der Waals surface area contributed by atoms with Gasteiger partial charge < -0.3 is 4.74 Å². The molecule has 0 saturated carbocycles. The molecule has 2 aliphatic carbocycles. The first-order valence-electron chi connectivity index (χ1n) is 12.7. The molecule has 34 heavy (non-hydrogen) atoms. The number of carbonyl (C=O) groups excluding carboxylic acids is 1. The number of ether oxygens (including phenoxy) is 1. The van der Waals surface area contributed by atoms with Crippen LogP contribution in [0.4, 0.5) is 0 Å². The summed E-state index contributed by atoms with van der Waals surface area (Å²) in [5.74, 6) is 0.836. The summed E-state index contributed by atoms with van der Waals surface area (Å²) in [5, 5.41) is 0. The van der Waals surface area contributed by atoms with E-state index in [9.17, 15) is 4.79 Å². The van der Waals surface area contributed by atoms with Gasteiger partial charge in [0.25, 0.3) is 0 Å². The van der Waals surface area contributed by atoms with Gasteiger partial charge in [-0.15, -0.1) is 0 Å². The van der Waals surface area contributed by atoms with Gasteiger partial charge in [-0.1, -0.05) is 95.6 Å². The van der Waals surface area contributed by atoms with E-state index in [-0.39, 0.29) is 11.7 Å². The number of carbonyl (C=O) groups is 1. The summed E-state index contributed by atoms with van der Waals surface area (Å²) < 4.78 is 5.87. The van der Waals surface area contributed by atoms with Crippen LogP contribution < -0.4 is 0 Å². The predicted octanol–water partition coefficient (Wildman–Crippen LogP) is 7.60. The topological polar surface area (TPSA) is 26.3 Å². The van der Waals surface area contributed by atoms with Gasteiger partial charge in [-0.05, 0) is 56.2 Å². The van der Waals surface area contributed by atoms with Gasteiger partial charge in [0.05, 0.1) is 6.10 Å². The summed E-state index contributed by atoms with van der Waals surface area (Å²) in [6.45, 7) is 5.20. The fourth-order valence-corrected chi connectivity index (χ4v) is 5.87. The Labute approximate surface area is 203 Å². The summed E-state index contributed by atoms with van der Waals surface area (Å²) >= 11 is 0. The van der Waals surface area contributed by atoms with Crippen LogP contribution in [0.1, 0.15) is 63.0 Å². The number of hydrogen-bond donors (Lipinski definition) is 0. The summed E-state index contributed by atoms with van der Waals surface area (Å²) in [6.07, 6.45) is 11.6. The molecule has 1 heterocycles. The summed E-state index contributed by atoms with van der Waals surface area (Å²) in [6, 6.07) is 21.3. The molecule has 0 bridgehead atoms. The van der Waals surface area contributed by atoms with Crippen molar-refractivity contribution in [3.05, 3.63) is 112 Å². The van der Waals surface area contributed by atoms with Crippen molar-refractivity contribution in [2.75, 3.05) is 6.61 Å². The molecular formula is C32H34O2. The lowest BCUT2D eigenvalue weighted by molar-refractivity contribution is -0.115. The highest BCUT2D eigenvalue weighted by Gasteiger charge is 2.31. The molecule has 2 aromatic carbocycles. The predicted molar refractivity (Wildman–Crippen MR) is 139 cm³/mol. The van der Waals surface area contributed by atoms with Gasteiger partial charge in [-0.2, -0.15) is 0 Å². The molecule has 2 aromatic rings. The highest BCUT2D eigenvalue weighted by atomic mass is 16.5. The van der Waals surface area contributed by atoms with Crippen LogP contribution in [-0.4, -0.2) is 18.5 Å². The zero-order chi connectivity index (χ0) is 23.5. The third-order valence-electron chi connectivity index (χ3n) is 7.73. The molecule has 1 aliphatic heterocycles. The van der Waals surface area contributed by atoms with Gasteiger partial charge in [-0.3, -0.25) is 4.79 Å². The molecule has 5 rings (SSSR count). The SMILES string of the molecule is CC1=CC(C(=O)CCC2=CC=C(c3ccccc3)C2c2ccccc2)=C(C)C1CC1CCCO1. The molecule has 1 saturated heterocycles. The Morgan fingerprint density at radius 2 is 1.71 bits per heavy atom. The molecule has 0 radical (unpaired) electrons. The molecule has 0 N–H and O–H groups in total. The highest BCUT2D eigenvalue weighted by Crippen LogP contribution is 2.44. The van der Waals surface area contributed by atoms with Gasteiger partial charge >= 0.3 is 0 Å². The maximum atomic E-state index is 13.4. The Bertz CT molecular complexity index is 1160. The van der Waals surface area contributed by atoms with Crippen LogP contribution in [0.3, 0.4) is 0 Å². The van der Waals surface area contributed by atoms with Crippen LogP contribution in [0.25, 0.3) is 5.57 Å². The Morgan fingerprint density at radius 1 is 0.971 bits per heavy atom. The molecule has 3 unspecified atom stereocenters. The second-order valence-corrected chi connectivity index (χ2v) is 9.90. The van der Waals surface area contributed by atoms with Crippen LogP contribution in [0.5, 0.6) is 0 Å². The molecular weight excluding hydrogens is 416 g/mol. The first-order chi connectivity index (χ1) is 16.6. The monoisotopic (exact) mass is 450 g/mol. The second kappa shape index (κ2) is 10.1. The Kier molecular flexibility index (Phi) is 6.78. The van der Waals surface area contributed by atoms with Crippen molar-refractivity contribution in [2.45, 2.75) is 58.0 Å². The van der Waals surface area contributed by atoms with E-state index in [0.717, 1.165) is 37.9 Å². The highest BCUT2D eigenvalue weighted by molar-refractivity contribution is 6.00. The van der Waals surface area contributed by atoms with E-state index >= 15 is 0 Å². The minimum absolute atomic E-state index is 0.208. The lowest BCUT2D eigenvalue weighted by atomic mass is 9.83. The molecule has 174 valence electrons. The number of benzene rings is 2. The van der Waals surface area contributed by atoms with Crippen molar-refractivity contribution in [1.82, 2.24) is 0 Å². The molecule has 3 aliphatic rings. The first kappa shape index (κ1) is 22.8. The second-order valence-electron chi connectivity index (χ2n) is 9.90. The molecule has 0 spiro atoms. The third-order valence-corrected chi connectivity index (χ3v) is 7.73. The van der Waals surface area contributed by atoms with Gasteiger partial charge in [-0.25, -0.2) is 0 Å². The minimum atomic E-state index is 0.208. The smallest absolute Gasteiger partial charge is 0.163 e. The Morgan fingerprint density at radius 3 is 2.41 bits per heavy atom. The largest absolute Gasteiger partial charge is 0.378 e. The van der Waals surface area contributed by atoms with E-state index in [4.69, 9.17) is 4.74 Å². The van der Waals surface area contributed by atoms with Crippen molar-refractivity contribution < 1.29 is 9.53 Å². The summed E-state index contributed by atoms with van der Waals surface area (Å²) in [5.41, 5.74) is 8.67. The van der Waals surface area contributed by atoms with Crippen LogP contribution in [-0.2, 0) is 9.53 Å². The molecule has 2 heteroatoms. The Balaban J connectivity index is 1.30. The van der Waals surface area contributed by atoms with E-state index < -0.39 is 0 Å². The maximum Gasteiger partial charge on any atom is 0.163 e. The fourth-order valence-electron chi connectivity index (χ4n) is 5.87. The van der Waals surface area contributed by atoms with Gasteiger partial charge in [0.15, 0.2) is 5.78 Å². The van der Waals surface area contributed by atoms with E-state index in [1.165, 1.54) is 33.4 Å². The van der Waals surface area contributed by atoms with E-state index in [1.54, 1.807) is 0 Å². The number of rotatable bonds is 8. The quantitative estimate of drug-likeness (QED) is 0.414. The van der Waals surface area contributed by atoms with Crippen molar-refractivity contribution >= 4 is 11.4 Å². The lowest BCUT2D eigenvalue weighted by Crippen LogP contribution is -2.14. The number of hydrogen-bond acceptors (Lipinski definition) is 2. The maximum absolute atomic E-state index is 13.4. The standard InChI is InChI=1S/C32H34O2/c1-22-20-30(23(2)29(22)21-27-14-9-19-34-27)31(33)18-16-26-15-17-28(24-10-5-3-6-11-24)32(26)25-12-7-4-8-13-25/h3-8,10-13,15,17,20,27,29,32H,9,14,16,18-19,21H2,1-2H3. The minimum Gasteiger partial charge on any atom is -0.378 e. The van der Waals surface area contributed by atoms with Gasteiger partial charge in [0, 0.05) is 30.4 Å². The van der Waals surface area contributed by atoms with Crippen LogP contribution in [0.2, 0.25) is 0 Å². The average molecular weight is 451 g/mol. The molecule has 3 atom stereocenters. The number of allylic oxidation sites excluding steroid dienone is 8. The molecule has 0 amide bonds. The first-order valence-corrected chi connectivity index (χ1v) is 12.7. The zero-order valence-corrected chi connectivity index (χ0v) is 20.3. The molecule has 2 nitrogen and oxygen atoms in total. The van der Waals surface area contributed by atoms with Crippen molar-refractivity contribution in [3.8, 4) is 0 Å². The van der Waals surface area contributed by atoms with Crippen molar-refractivity contribution in [1.29, 1.82) is 0 Å².